The third-order valence-electron chi connectivity index (χ3n) is 2.68. The first kappa shape index (κ1) is 13.2. The second kappa shape index (κ2) is 5.62. The van der Waals surface area contributed by atoms with Crippen LogP contribution in [-0.4, -0.2) is 22.8 Å². The van der Waals surface area contributed by atoms with E-state index in [2.05, 4.69) is 0 Å². The van der Waals surface area contributed by atoms with Crippen LogP contribution in [0.3, 0.4) is 0 Å². The fourth-order valence-corrected chi connectivity index (χ4v) is 2.41. The highest BCUT2D eigenvalue weighted by atomic mass is 32.1. The van der Waals surface area contributed by atoms with Gasteiger partial charge >= 0.3 is 0 Å². The maximum Gasteiger partial charge on any atom is 0.282 e. The lowest BCUT2D eigenvalue weighted by Crippen LogP contribution is -2.26. The summed E-state index contributed by atoms with van der Waals surface area (Å²) in [4.78, 5) is 24.1. The molecule has 0 aliphatic carbocycles. The number of amides is 1. The second-order valence-electron chi connectivity index (χ2n) is 4.07. The molecule has 0 radical (unpaired) electrons. The minimum atomic E-state index is -0.536. The van der Waals surface area contributed by atoms with E-state index in [1.54, 1.807) is 30.5 Å². The quantitative estimate of drug-likeness (QED) is 0.637. The molecule has 0 aliphatic rings. The molecule has 2 rings (SSSR count). The predicted molar refractivity (Wildman–Crippen MR) is 73.2 cm³/mol. The SMILES string of the molecule is CN(Cc1ccsc1)C(=O)c1ccccc1[N+](=O)[O-]. The summed E-state index contributed by atoms with van der Waals surface area (Å²) < 4.78 is 0. The van der Waals surface area contributed by atoms with Gasteiger partial charge in [0.25, 0.3) is 11.6 Å². The zero-order valence-corrected chi connectivity index (χ0v) is 11.1. The van der Waals surface area contributed by atoms with Crippen molar-refractivity contribution in [2.24, 2.45) is 0 Å². The van der Waals surface area contributed by atoms with E-state index in [-0.39, 0.29) is 17.2 Å². The van der Waals surface area contributed by atoms with Gasteiger partial charge in [-0.3, -0.25) is 14.9 Å². The van der Waals surface area contributed by atoms with Crippen LogP contribution in [0.15, 0.2) is 41.1 Å². The average molecular weight is 276 g/mol. The van der Waals surface area contributed by atoms with Gasteiger partial charge in [0.05, 0.1) is 4.92 Å². The van der Waals surface area contributed by atoms with E-state index in [9.17, 15) is 14.9 Å². The molecule has 1 aromatic carbocycles. The van der Waals surface area contributed by atoms with Gasteiger partial charge in [-0.2, -0.15) is 11.3 Å². The van der Waals surface area contributed by atoms with E-state index in [1.807, 2.05) is 16.8 Å². The van der Waals surface area contributed by atoms with Gasteiger partial charge in [0, 0.05) is 19.7 Å². The number of para-hydroxylation sites is 1. The molecular formula is C13H12N2O3S. The normalized spacial score (nSPS) is 10.2. The Kier molecular flexibility index (Phi) is 3.91. The van der Waals surface area contributed by atoms with Crippen LogP contribution >= 0.6 is 11.3 Å². The summed E-state index contributed by atoms with van der Waals surface area (Å²) in [5, 5.41) is 14.8. The van der Waals surface area contributed by atoms with Crippen LogP contribution < -0.4 is 0 Å². The third kappa shape index (κ3) is 2.97. The molecule has 0 N–H and O–H groups in total. The molecule has 0 atom stereocenters. The van der Waals surface area contributed by atoms with Gasteiger partial charge in [-0.25, -0.2) is 0 Å². The number of carbonyl (C=O) groups excluding carboxylic acids is 1. The molecule has 2 aromatic rings. The molecule has 0 saturated carbocycles. The fraction of sp³-hybridized carbons (Fsp3) is 0.154. The van der Waals surface area contributed by atoms with Gasteiger partial charge in [0.15, 0.2) is 0 Å². The molecule has 0 spiro atoms. The Balaban J connectivity index is 2.22. The number of rotatable bonds is 4. The summed E-state index contributed by atoms with van der Waals surface area (Å²) >= 11 is 1.55. The van der Waals surface area contributed by atoms with Gasteiger partial charge < -0.3 is 4.90 Å². The van der Waals surface area contributed by atoms with Gasteiger partial charge in [0.2, 0.25) is 0 Å². The third-order valence-corrected chi connectivity index (χ3v) is 3.41. The topological polar surface area (TPSA) is 63.5 Å². The molecule has 0 fully saturated rings. The number of benzene rings is 1. The van der Waals surface area contributed by atoms with Crippen LogP contribution in [0.1, 0.15) is 15.9 Å². The molecule has 0 bridgehead atoms. The summed E-state index contributed by atoms with van der Waals surface area (Å²) in [7, 11) is 1.64. The highest BCUT2D eigenvalue weighted by Crippen LogP contribution is 2.20. The van der Waals surface area contributed by atoms with E-state index >= 15 is 0 Å². The number of nitrogens with zero attached hydrogens (tertiary/aromatic N) is 2. The second-order valence-corrected chi connectivity index (χ2v) is 4.85. The summed E-state index contributed by atoms with van der Waals surface area (Å²) in [6.45, 7) is 0.439. The maximum absolute atomic E-state index is 12.2. The van der Waals surface area contributed by atoms with Crippen molar-refractivity contribution in [2.75, 3.05) is 7.05 Å². The summed E-state index contributed by atoms with van der Waals surface area (Å²) in [5.41, 5.74) is 0.967. The van der Waals surface area contributed by atoms with Crippen LogP contribution in [0.5, 0.6) is 0 Å². The van der Waals surface area contributed by atoms with Gasteiger partial charge in [0.1, 0.15) is 5.56 Å². The van der Waals surface area contributed by atoms with Crippen molar-refractivity contribution in [1.29, 1.82) is 0 Å². The van der Waals surface area contributed by atoms with Gasteiger partial charge in [-0.15, -0.1) is 0 Å². The Labute approximate surface area is 114 Å². The number of nitro benzene ring substituents is 1. The van der Waals surface area contributed by atoms with Crippen molar-refractivity contribution in [1.82, 2.24) is 4.90 Å². The number of nitro groups is 1. The lowest BCUT2D eigenvalue weighted by atomic mass is 10.1. The molecule has 19 heavy (non-hydrogen) atoms. The summed E-state index contributed by atoms with van der Waals surface area (Å²) in [6, 6.07) is 7.91. The number of thiophene rings is 1. The predicted octanol–water partition coefficient (Wildman–Crippen LogP) is 2.93. The number of hydrogen-bond donors (Lipinski definition) is 0. The Morgan fingerprint density at radius 3 is 2.74 bits per heavy atom. The van der Waals surface area contributed by atoms with E-state index in [0.717, 1.165) is 5.56 Å². The lowest BCUT2D eigenvalue weighted by molar-refractivity contribution is -0.385. The van der Waals surface area contributed by atoms with Crippen molar-refractivity contribution in [3.05, 3.63) is 62.3 Å². The Bertz CT molecular complexity index is 596. The largest absolute Gasteiger partial charge is 0.337 e. The Hall–Kier alpha value is -2.21. The van der Waals surface area contributed by atoms with Crippen LogP contribution in [0.2, 0.25) is 0 Å². The van der Waals surface area contributed by atoms with Crippen LogP contribution in [0.25, 0.3) is 0 Å². The number of carbonyl (C=O) groups is 1. The molecular weight excluding hydrogens is 264 g/mol. The zero-order valence-electron chi connectivity index (χ0n) is 10.3. The minimum absolute atomic E-state index is 0.116. The molecule has 1 amide bonds. The van der Waals surface area contributed by atoms with E-state index in [1.165, 1.54) is 17.0 Å². The van der Waals surface area contributed by atoms with E-state index in [0.29, 0.717) is 6.54 Å². The molecule has 6 heteroatoms. The van der Waals surface area contributed by atoms with Crippen molar-refractivity contribution in [3.63, 3.8) is 0 Å². The van der Waals surface area contributed by atoms with E-state index in [4.69, 9.17) is 0 Å². The summed E-state index contributed by atoms with van der Waals surface area (Å²) in [5.74, 6) is -0.349. The standard InChI is InChI=1S/C13H12N2O3S/c1-14(8-10-6-7-19-9-10)13(16)11-4-2-3-5-12(11)15(17)18/h2-7,9H,8H2,1H3. The monoisotopic (exact) mass is 276 g/mol. The van der Waals surface area contributed by atoms with Crippen molar-refractivity contribution in [3.8, 4) is 0 Å². The van der Waals surface area contributed by atoms with Crippen molar-refractivity contribution in [2.45, 2.75) is 6.54 Å². The van der Waals surface area contributed by atoms with Crippen LogP contribution in [-0.2, 0) is 6.54 Å². The lowest BCUT2D eigenvalue weighted by Gasteiger charge is -2.16. The Morgan fingerprint density at radius 1 is 1.37 bits per heavy atom. The fourth-order valence-electron chi connectivity index (χ4n) is 1.75. The number of hydrogen-bond acceptors (Lipinski definition) is 4. The minimum Gasteiger partial charge on any atom is -0.337 e. The maximum atomic E-state index is 12.2. The van der Waals surface area contributed by atoms with E-state index < -0.39 is 4.92 Å². The zero-order chi connectivity index (χ0) is 13.8. The highest BCUT2D eigenvalue weighted by Gasteiger charge is 2.22. The molecule has 0 unspecified atom stereocenters. The molecule has 98 valence electrons. The average Bonchev–Trinajstić information content (AvgIpc) is 2.90. The molecule has 0 saturated heterocycles. The van der Waals surface area contributed by atoms with Gasteiger partial charge in [-0.05, 0) is 28.5 Å². The molecule has 0 aliphatic heterocycles. The molecule has 1 heterocycles. The smallest absolute Gasteiger partial charge is 0.282 e. The first-order chi connectivity index (χ1) is 9.09. The van der Waals surface area contributed by atoms with Crippen molar-refractivity contribution < 1.29 is 9.72 Å². The van der Waals surface area contributed by atoms with Crippen LogP contribution in [0.4, 0.5) is 5.69 Å². The first-order valence-electron chi connectivity index (χ1n) is 5.59. The molecule has 1 aromatic heterocycles. The highest BCUT2D eigenvalue weighted by molar-refractivity contribution is 7.07. The summed E-state index contributed by atoms with van der Waals surface area (Å²) in [6.07, 6.45) is 0. The Morgan fingerprint density at radius 2 is 2.11 bits per heavy atom. The van der Waals surface area contributed by atoms with Crippen molar-refractivity contribution >= 4 is 22.9 Å². The van der Waals surface area contributed by atoms with Crippen LogP contribution in [0, 0.1) is 10.1 Å². The first-order valence-corrected chi connectivity index (χ1v) is 6.54. The van der Waals surface area contributed by atoms with Gasteiger partial charge in [-0.1, -0.05) is 12.1 Å². The molecule has 5 nitrogen and oxygen atoms in total.